The van der Waals surface area contributed by atoms with E-state index in [1.54, 1.807) is 12.0 Å². The number of ether oxygens (including phenoxy) is 2. The van der Waals surface area contributed by atoms with Crippen LogP contribution in [0.1, 0.15) is 15.9 Å². The first-order chi connectivity index (χ1) is 13.3. The van der Waals surface area contributed by atoms with Crippen molar-refractivity contribution in [1.29, 1.82) is 0 Å². The molecule has 0 atom stereocenters. The summed E-state index contributed by atoms with van der Waals surface area (Å²) in [6, 6.07) is 24.6. The predicted molar refractivity (Wildman–Crippen MR) is 106 cm³/mol. The fourth-order valence-corrected chi connectivity index (χ4v) is 3.13. The molecular weight excluding hydrogens is 338 g/mol. The standard InChI is InChI=1S/C23H19NO3/c1-26-21-13-7-5-11-18(21)15-19-16-24(20-12-6-8-14-22(20)27-19)23(25)17-9-3-2-4-10-17/h2-15H,16H2,1H3/b19-15+. The topological polar surface area (TPSA) is 38.8 Å². The van der Waals surface area contributed by atoms with Gasteiger partial charge in [-0.2, -0.15) is 0 Å². The maximum Gasteiger partial charge on any atom is 0.258 e. The third kappa shape index (κ3) is 3.42. The Morgan fingerprint density at radius 3 is 2.48 bits per heavy atom. The highest BCUT2D eigenvalue weighted by Crippen LogP contribution is 2.36. The van der Waals surface area contributed by atoms with Crippen LogP contribution in [-0.2, 0) is 0 Å². The number of para-hydroxylation sites is 3. The molecule has 0 N–H and O–H groups in total. The molecule has 0 aliphatic carbocycles. The molecule has 3 aromatic carbocycles. The molecule has 0 saturated heterocycles. The number of fused-ring (bicyclic) bond motifs is 1. The minimum atomic E-state index is -0.0581. The van der Waals surface area contributed by atoms with Crippen molar-refractivity contribution in [3.05, 3.63) is 95.7 Å². The lowest BCUT2D eigenvalue weighted by molar-refractivity contribution is 0.0983. The van der Waals surface area contributed by atoms with Gasteiger partial charge in [-0.25, -0.2) is 0 Å². The summed E-state index contributed by atoms with van der Waals surface area (Å²) in [5, 5.41) is 0. The summed E-state index contributed by atoms with van der Waals surface area (Å²) >= 11 is 0. The van der Waals surface area contributed by atoms with Crippen LogP contribution >= 0.6 is 0 Å². The maximum absolute atomic E-state index is 13.1. The van der Waals surface area contributed by atoms with Gasteiger partial charge in [0.2, 0.25) is 0 Å². The Labute approximate surface area is 158 Å². The third-order valence-electron chi connectivity index (χ3n) is 4.43. The average molecular weight is 357 g/mol. The van der Waals surface area contributed by atoms with E-state index in [4.69, 9.17) is 9.47 Å². The second-order valence-electron chi connectivity index (χ2n) is 6.18. The van der Waals surface area contributed by atoms with E-state index in [1.165, 1.54) is 0 Å². The van der Waals surface area contributed by atoms with E-state index < -0.39 is 0 Å². The number of benzene rings is 3. The van der Waals surface area contributed by atoms with Crippen molar-refractivity contribution in [1.82, 2.24) is 0 Å². The average Bonchev–Trinajstić information content (AvgIpc) is 2.73. The van der Waals surface area contributed by atoms with E-state index in [0.29, 0.717) is 23.6 Å². The Hall–Kier alpha value is -3.53. The minimum absolute atomic E-state index is 0.0581. The normalized spacial score (nSPS) is 14.4. The second kappa shape index (κ2) is 7.38. The van der Waals surface area contributed by atoms with Crippen LogP contribution in [-0.4, -0.2) is 19.6 Å². The van der Waals surface area contributed by atoms with Crippen molar-refractivity contribution in [3.63, 3.8) is 0 Å². The SMILES string of the molecule is COc1ccccc1/C=C1\CN(C(=O)c2ccccc2)c2ccccc2O1. The van der Waals surface area contributed by atoms with Crippen LogP contribution in [0.2, 0.25) is 0 Å². The molecule has 0 spiro atoms. The van der Waals surface area contributed by atoms with Crippen molar-refractivity contribution in [2.45, 2.75) is 0 Å². The van der Waals surface area contributed by atoms with Gasteiger partial charge in [0.05, 0.1) is 19.3 Å². The van der Waals surface area contributed by atoms with Crippen LogP contribution < -0.4 is 14.4 Å². The van der Waals surface area contributed by atoms with Crippen LogP contribution in [0, 0.1) is 0 Å². The summed E-state index contributed by atoms with van der Waals surface area (Å²) < 4.78 is 11.5. The monoisotopic (exact) mass is 357 g/mol. The molecule has 1 aliphatic rings. The maximum atomic E-state index is 13.1. The molecule has 0 fully saturated rings. The van der Waals surface area contributed by atoms with Gasteiger partial charge in [0.15, 0.2) is 5.75 Å². The molecule has 1 heterocycles. The van der Waals surface area contributed by atoms with Gasteiger partial charge in [0.1, 0.15) is 11.5 Å². The van der Waals surface area contributed by atoms with Crippen LogP contribution in [0.15, 0.2) is 84.6 Å². The highest BCUT2D eigenvalue weighted by molar-refractivity contribution is 6.07. The summed E-state index contributed by atoms with van der Waals surface area (Å²) in [4.78, 5) is 14.8. The van der Waals surface area contributed by atoms with E-state index in [1.807, 2.05) is 84.9 Å². The number of carbonyl (C=O) groups excluding carboxylic acids is 1. The first-order valence-corrected chi connectivity index (χ1v) is 8.73. The van der Waals surface area contributed by atoms with Gasteiger partial charge < -0.3 is 9.47 Å². The summed E-state index contributed by atoms with van der Waals surface area (Å²) in [5.41, 5.74) is 2.32. The van der Waals surface area contributed by atoms with Gasteiger partial charge in [-0.1, -0.05) is 48.5 Å². The van der Waals surface area contributed by atoms with Crippen molar-refractivity contribution in [2.75, 3.05) is 18.6 Å². The summed E-state index contributed by atoms with van der Waals surface area (Å²) in [6.07, 6.45) is 1.92. The lowest BCUT2D eigenvalue weighted by atomic mass is 10.1. The number of anilines is 1. The van der Waals surface area contributed by atoms with E-state index >= 15 is 0 Å². The third-order valence-corrected chi connectivity index (χ3v) is 4.43. The molecule has 27 heavy (non-hydrogen) atoms. The lowest BCUT2D eigenvalue weighted by Crippen LogP contribution is -2.36. The molecule has 0 bridgehead atoms. The Balaban J connectivity index is 1.74. The fraction of sp³-hybridized carbons (Fsp3) is 0.0870. The van der Waals surface area contributed by atoms with Gasteiger partial charge in [0.25, 0.3) is 5.91 Å². The minimum Gasteiger partial charge on any atom is -0.496 e. The van der Waals surface area contributed by atoms with Gasteiger partial charge in [-0.3, -0.25) is 9.69 Å². The molecule has 4 heteroatoms. The van der Waals surface area contributed by atoms with Crippen molar-refractivity contribution >= 4 is 17.7 Å². The largest absolute Gasteiger partial charge is 0.496 e. The Morgan fingerprint density at radius 1 is 0.963 bits per heavy atom. The first kappa shape index (κ1) is 16.9. The molecule has 4 rings (SSSR count). The molecular formula is C23H19NO3. The molecule has 0 aromatic heterocycles. The van der Waals surface area contributed by atoms with E-state index in [-0.39, 0.29) is 5.91 Å². The van der Waals surface area contributed by atoms with Gasteiger partial charge in [-0.05, 0) is 36.4 Å². The second-order valence-corrected chi connectivity index (χ2v) is 6.18. The zero-order valence-corrected chi connectivity index (χ0v) is 15.0. The zero-order valence-electron chi connectivity index (χ0n) is 15.0. The number of rotatable bonds is 3. The van der Waals surface area contributed by atoms with Gasteiger partial charge >= 0.3 is 0 Å². The van der Waals surface area contributed by atoms with Crippen LogP contribution in [0.5, 0.6) is 11.5 Å². The van der Waals surface area contributed by atoms with E-state index in [0.717, 1.165) is 17.0 Å². The number of hydrogen-bond donors (Lipinski definition) is 0. The molecule has 0 unspecified atom stereocenters. The number of nitrogens with zero attached hydrogens (tertiary/aromatic N) is 1. The lowest BCUT2D eigenvalue weighted by Gasteiger charge is -2.31. The number of carbonyl (C=O) groups is 1. The van der Waals surface area contributed by atoms with Crippen molar-refractivity contribution < 1.29 is 14.3 Å². The van der Waals surface area contributed by atoms with Crippen LogP contribution in [0.4, 0.5) is 5.69 Å². The summed E-state index contributed by atoms with van der Waals surface area (Å²) in [6.45, 7) is 0.350. The zero-order chi connectivity index (χ0) is 18.6. The van der Waals surface area contributed by atoms with Crippen molar-refractivity contribution in [3.8, 4) is 11.5 Å². The Morgan fingerprint density at radius 2 is 1.67 bits per heavy atom. The highest BCUT2D eigenvalue weighted by atomic mass is 16.5. The first-order valence-electron chi connectivity index (χ1n) is 8.73. The van der Waals surface area contributed by atoms with E-state index in [2.05, 4.69) is 0 Å². The van der Waals surface area contributed by atoms with Gasteiger partial charge in [-0.15, -0.1) is 0 Å². The Kier molecular flexibility index (Phi) is 4.62. The van der Waals surface area contributed by atoms with Gasteiger partial charge in [0, 0.05) is 11.1 Å². The molecule has 0 radical (unpaired) electrons. The molecule has 4 nitrogen and oxygen atoms in total. The molecule has 134 valence electrons. The smallest absolute Gasteiger partial charge is 0.258 e. The quantitative estimate of drug-likeness (QED) is 0.677. The highest BCUT2D eigenvalue weighted by Gasteiger charge is 2.27. The molecule has 3 aromatic rings. The molecule has 1 amide bonds. The predicted octanol–water partition coefficient (Wildman–Crippen LogP) is 4.78. The number of methoxy groups -OCH3 is 1. The molecule has 1 aliphatic heterocycles. The van der Waals surface area contributed by atoms with Crippen molar-refractivity contribution in [2.24, 2.45) is 0 Å². The van der Waals surface area contributed by atoms with E-state index in [9.17, 15) is 4.79 Å². The number of hydrogen-bond acceptors (Lipinski definition) is 3. The molecule has 0 saturated carbocycles. The van der Waals surface area contributed by atoms with Crippen LogP contribution in [0.25, 0.3) is 6.08 Å². The summed E-state index contributed by atoms with van der Waals surface area (Å²) in [5.74, 6) is 2.04. The number of amides is 1. The fourth-order valence-electron chi connectivity index (χ4n) is 3.13. The summed E-state index contributed by atoms with van der Waals surface area (Å²) in [7, 11) is 1.64. The Bertz CT molecular complexity index is 995. The van der Waals surface area contributed by atoms with Crippen LogP contribution in [0.3, 0.4) is 0 Å².